The van der Waals surface area contributed by atoms with Gasteiger partial charge in [-0.2, -0.15) is 0 Å². The first-order valence-electron chi connectivity index (χ1n) is 4.42. The third kappa shape index (κ3) is 1.59. The molecular weight excluding hydrogens is 176 g/mol. The molecule has 0 aliphatic rings. The van der Waals surface area contributed by atoms with E-state index < -0.39 is 0 Å². The average molecular weight is 186 g/mol. The van der Waals surface area contributed by atoms with Gasteiger partial charge in [-0.15, -0.1) is 0 Å². The Kier molecular flexibility index (Phi) is 2.19. The number of hydrogen-bond donors (Lipinski definition) is 0. The second-order valence-electron chi connectivity index (χ2n) is 3.16. The van der Waals surface area contributed by atoms with Crippen molar-refractivity contribution in [3.05, 3.63) is 58.4 Å². The summed E-state index contributed by atoms with van der Waals surface area (Å²) in [6, 6.07) is 11.1. The highest BCUT2D eigenvalue weighted by Gasteiger charge is 2.01. The SMILES string of the molecule is Cc1coc(-c2ccccc2)cc1=O. The molecule has 1 heterocycles. The van der Waals surface area contributed by atoms with Gasteiger partial charge in [-0.05, 0) is 6.92 Å². The first-order valence-corrected chi connectivity index (χ1v) is 4.42. The quantitative estimate of drug-likeness (QED) is 0.685. The molecule has 70 valence electrons. The van der Waals surface area contributed by atoms with Crippen LogP contribution in [0.4, 0.5) is 0 Å². The Balaban J connectivity index is 2.54. The van der Waals surface area contributed by atoms with E-state index in [-0.39, 0.29) is 5.43 Å². The molecule has 0 saturated heterocycles. The van der Waals surface area contributed by atoms with Gasteiger partial charge in [0.2, 0.25) is 0 Å². The van der Waals surface area contributed by atoms with Crippen molar-refractivity contribution in [2.24, 2.45) is 0 Å². The second-order valence-corrected chi connectivity index (χ2v) is 3.16. The monoisotopic (exact) mass is 186 g/mol. The van der Waals surface area contributed by atoms with Crippen LogP contribution in [0.25, 0.3) is 11.3 Å². The molecule has 2 heteroatoms. The maximum absolute atomic E-state index is 11.4. The molecule has 14 heavy (non-hydrogen) atoms. The van der Waals surface area contributed by atoms with E-state index in [2.05, 4.69) is 0 Å². The van der Waals surface area contributed by atoms with Crippen molar-refractivity contribution in [1.82, 2.24) is 0 Å². The van der Waals surface area contributed by atoms with Crippen LogP contribution in [0.3, 0.4) is 0 Å². The molecular formula is C12H10O2. The van der Waals surface area contributed by atoms with E-state index >= 15 is 0 Å². The summed E-state index contributed by atoms with van der Waals surface area (Å²) >= 11 is 0. The van der Waals surface area contributed by atoms with Gasteiger partial charge in [0.25, 0.3) is 0 Å². The maximum atomic E-state index is 11.4. The topological polar surface area (TPSA) is 30.2 Å². The summed E-state index contributed by atoms with van der Waals surface area (Å²) in [6.07, 6.45) is 1.49. The second kappa shape index (κ2) is 3.50. The van der Waals surface area contributed by atoms with Crippen LogP contribution < -0.4 is 5.43 Å². The number of benzene rings is 1. The lowest BCUT2D eigenvalue weighted by Crippen LogP contribution is -2.02. The lowest BCUT2D eigenvalue weighted by atomic mass is 10.1. The fourth-order valence-electron chi connectivity index (χ4n) is 1.23. The highest BCUT2D eigenvalue weighted by atomic mass is 16.3. The van der Waals surface area contributed by atoms with E-state index in [4.69, 9.17) is 4.42 Å². The zero-order chi connectivity index (χ0) is 9.97. The van der Waals surface area contributed by atoms with Crippen LogP contribution in [0.1, 0.15) is 5.56 Å². The van der Waals surface area contributed by atoms with Gasteiger partial charge < -0.3 is 4.42 Å². The van der Waals surface area contributed by atoms with E-state index in [0.29, 0.717) is 11.3 Å². The zero-order valence-corrected chi connectivity index (χ0v) is 7.86. The van der Waals surface area contributed by atoms with Crippen molar-refractivity contribution in [2.75, 3.05) is 0 Å². The first-order chi connectivity index (χ1) is 6.77. The average Bonchev–Trinajstić information content (AvgIpc) is 2.23. The van der Waals surface area contributed by atoms with Crippen LogP contribution in [0.15, 0.2) is 51.9 Å². The molecule has 0 aliphatic heterocycles. The largest absolute Gasteiger partial charge is 0.464 e. The van der Waals surface area contributed by atoms with Crippen molar-refractivity contribution >= 4 is 0 Å². The predicted octanol–water partition coefficient (Wildman–Crippen LogP) is 2.62. The molecule has 0 saturated carbocycles. The van der Waals surface area contributed by atoms with E-state index in [1.807, 2.05) is 30.3 Å². The summed E-state index contributed by atoms with van der Waals surface area (Å²) in [5.74, 6) is 0.612. The molecule has 0 spiro atoms. The minimum absolute atomic E-state index is 0.00935. The standard InChI is InChI=1S/C12H10O2/c1-9-8-14-12(7-11(9)13)10-5-3-2-4-6-10/h2-8H,1H3. The molecule has 0 radical (unpaired) electrons. The maximum Gasteiger partial charge on any atom is 0.188 e. The molecule has 0 fully saturated rings. The van der Waals surface area contributed by atoms with Crippen LogP contribution in [-0.4, -0.2) is 0 Å². The Hall–Kier alpha value is -1.83. The third-order valence-electron chi connectivity index (χ3n) is 2.07. The van der Waals surface area contributed by atoms with Gasteiger partial charge in [0.15, 0.2) is 5.43 Å². The summed E-state index contributed by atoms with van der Waals surface area (Å²) in [5.41, 5.74) is 1.56. The fourth-order valence-corrected chi connectivity index (χ4v) is 1.23. The van der Waals surface area contributed by atoms with Gasteiger partial charge in [0.1, 0.15) is 5.76 Å². The number of aryl methyl sites for hydroxylation is 1. The molecule has 1 aromatic heterocycles. The minimum atomic E-state index is 0.00935. The Bertz CT molecular complexity index is 483. The Morgan fingerprint density at radius 2 is 1.86 bits per heavy atom. The van der Waals surface area contributed by atoms with Crippen LogP contribution in [0.5, 0.6) is 0 Å². The third-order valence-corrected chi connectivity index (χ3v) is 2.07. The summed E-state index contributed by atoms with van der Waals surface area (Å²) in [6.45, 7) is 1.74. The van der Waals surface area contributed by atoms with Crippen LogP contribution in [-0.2, 0) is 0 Å². The Labute approximate surface area is 81.8 Å². The molecule has 0 unspecified atom stereocenters. The lowest BCUT2D eigenvalue weighted by Gasteiger charge is -1.99. The Morgan fingerprint density at radius 1 is 1.14 bits per heavy atom. The van der Waals surface area contributed by atoms with Crippen molar-refractivity contribution in [1.29, 1.82) is 0 Å². The van der Waals surface area contributed by atoms with E-state index in [0.717, 1.165) is 5.56 Å². The first kappa shape index (κ1) is 8.75. The molecule has 0 bridgehead atoms. The van der Waals surface area contributed by atoms with E-state index in [1.165, 1.54) is 12.3 Å². The highest BCUT2D eigenvalue weighted by Crippen LogP contribution is 2.16. The fraction of sp³-hybridized carbons (Fsp3) is 0.0833. The van der Waals surface area contributed by atoms with E-state index in [9.17, 15) is 4.79 Å². The number of rotatable bonds is 1. The van der Waals surface area contributed by atoms with Gasteiger partial charge in [0.05, 0.1) is 6.26 Å². The molecule has 0 aliphatic carbocycles. The summed E-state index contributed by atoms with van der Waals surface area (Å²) in [5, 5.41) is 0. The molecule has 2 aromatic rings. The smallest absolute Gasteiger partial charge is 0.188 e. The Morgan fingerprint density at radius 3 is 2.50 bits per heavy atom. The van der Waals surface area contributed by atoms with Crippen molar-refractivity contribution in [3.63, 3.8) is 0 Å². The van der Waals surface area contributed by atoms with Crippen LogP contribution >= 0.6 is 0 Å². The summed E-state index contributed by atoms with van der Waals surface area (Å²) < 4.78 is 5.32. The molecule has 0 N–H and O–H groups in total. The minimum Gasteiger partial charge on any atom is -0.464 e. The summed E-state index contributed by atoms with van der Waals surface area (Å²) in [7, 11) is 0. The van der Waals surface area contributed by atoms with Crippen molar-refractivity contribution in [3.8, 4) is 11.3 Å². The van der Waals surface area contributed by atoms with Crippen molar-refractivity contribution in [2.45, 2.75) is 6.92 Å². The molecule has 1 aromatic carbocycles. The van der Waals surface area contributed by atoms with Gasteiger partial charge in [-0.3, -0.25) is 4.79 Å². The predicted molar refractivity (Wildman–Crippen MR) is 55.2 cm³/mol. The zero-order valence-electron chi connectivity index (χ0n) is 7.86. The van der Waals surface area contributed by atoms with Gasteiger partial charge >= 0.3 is 0 Å². The van der Waals surface area contributed by atoms with Gasteiger partial charge in [0, 0.05) is 17.2 Å². The van der Waals surface area contributed by atoms with Crippen LogP contribution in [0, 0.1) is 6.92 Å². The number of hydrogen-bond acceptors (Lipinski definition) is 2. The summed E-state index contributed by atoms with van der Waals surface area (Å²) in [4.78, 5) is 11.4. The van der Waals surface area contributed by atoms with Crippen molar-refractivity contribution < 1.29 is 4.42 Å². The molecule has 2 rings (SSSR count). The molecule has 2 nitrogen and oxygen atoms in total. The molecule has 0 amide bonds. The van der Waals surface area contributed by atoms with Gasteiger partial charge in [-0.25, -0.2) is 0 Å². The van der Waals surface area contributed by atoms with E-state index in [1.54, 1.807) is 6.92 Å². The van der Waals surface area contributed by atoms with Gasteiger partial charge in [-0.1, -0.05) is 30.3 Å². The van der Waals surface area contributed by atoms with Crippen LogP contribution in [0.2, 0.25) is 0 Å². The lowest BCUT2D eigenvalue weighted by molar-refractivity contribution is 0.559. The highest BCUT2D eigenvalue weighted by molar-refractivity contribution is 5.56. The normalized spacial score (nSPS) is 10.1. The molecule has 0 atom stereocenters.